The number of carbonyl (C=O) groups is 1. The van der Waals surface area contributed by atoms with E-state index in [0.717, 1.165) is 9.87 Å². The molecule has 0 aromatic heterocycles. The molecule has 0 spiro atoms. The number of sulfonamides is 1. The first-order valence-corrected chi connectivity index (χ1v) is 11.4. The van der Waals surface area contributed by atoms with Crippen LogP contribution in [-0.2, 0) is 14.8 Å². The zero-order chi connectivity index (χ0) is 23.3. The van der Waals surface area contributed by atoms with E-state index in [1.54, 1.807) is 48.5 Å². The lowest BCUT2D eigenvalue weighted by atomic mass is 10.2. The molecule has 3 rings (SSSR count). The molecule has 1 amide bonds. The van der Waals surface area contributed by atoms with Crippen molar-refractivity contribution in [1.82, 2.24) is 0 Å². The minimum atomic E-state index is -4.11. The van der Waals surface area contributed by atoms with Gasteiger partial charge in [0, 0.05) is 16.8 Å². The number of carbonyl (C=O) groups excluding carboxylic acids is 1. The Morgan fingerprint density at radius 2 is 1.72 bits per heavy atom. The Hall–Kier alpha value is -3.23. The summed E-state index contributed by atoms with van der Waals surface area (Å²) in [6.07, 6.45) is 0. The van der Waals surface area contributed by atoms with Crippen LogP contribution in [0.3, 0.4) is 0 Å². The number of hydrogen-bond donors (Lipinski definition) is 1. The minimum Gasteiger partial charge on any atom is -0.497 e. The maximum atomic E-state index is 13.6. The Bertz CT molecular complexity index is 1210. The molecule has 0 aliphatic carbocycles. The fraction of sp³-hybridized carbons (Fsp3) is 0.174. The van der Waals surface area contributed by atoms with E-state index < -0.39 is 22.5 Å². The quantitative estimate of drug-likeness (QED) is 0.519. The molecule has 0 aliphatic heterocycles. The maximum Gasteiger partial charge on any atom is 0.264 e. The highest BCUT2D eigenvalue weighted by Gasteiger charge is 2.30. The number of nitrogens with one attached hydrogen (secondary N) is 1. The topological polar surface area (TPSA) is 84.9 Å². The third-order valence-corrected chi connectivity index (χ3v) is 6.67. The van der Waals surface area contributed by atoms with Crippen LogP contribution < -0.4 is 19.1 Å². The summed E-state index contributed by atoms with van der Waals surface area (Å²) in [4.78, 5) is 12.9. The van der Waals surface area contributed by atoms with Crippen molar-refractivity contribution in [1.29, 1.82) is 0 Å². The van der Waals surface area contributed by atoms with Crippen LogP contribution in [0.1, 0.15) is 5.56 Å². The SMILES string of the molecule is COc1ccc(OC)c(N(CC(=O)Nc2cccc(Cl)c2)S(=O)(=O)c2ccc(C)cc2)c1. The monoisotopic (exact) mass is 474 g/mol. The lowest BCUT2D eigenvalue weighted by molar-refractivity contribution is -0.114. The van der Waals surface area contributed by atoms with Gasteiger partial charge in [0.1, 0.15) is 18.0 Å². The third kappa shape index (κ3) is 5.33. The number of methoxy groups -OCH3 is 2. The molecule has 3 aromatic carbocycles. The molecular formula is C23H23ClN2O5S. The van der Waals surface area contributed by atoms with Crippen molar-refractivity contribution in [3.8, 4) is 11.5 Å². The number of hydrogen-bond acceptors (Lipinski definition) is 5. The summed E-state index contributed by atoms with van der Waals surface area (Å²) >= 11 is 5.98. The fourth-order valence-electron chi connectivity index (χ4n) is 3.03. The second kappa shape index (κ2) is 9.93. The molecule has 168 valence electrons. The van der Waals surface area contributed by atoms with E-state index in [-0.39, 0.29) is 16.3 Å². The van der Waals surface area contributed by atoms with Crippen LogP contribution in [0.4, 0.5) is 11.4 Å². The predicted molar refractivity (Wildman–Crippen MR) is 125 cm³/mol. The largest absolute Gasteiger partial charge is 0.497 e. The zero-order valence-corrected chi connectivity index (χ0v) is 19.4. The minimum absolute atomic E-state index is 0.0449. The highest BCUT2D eigenvalue weighted by molar-refractivity contribution is 7.92. The average molecular weight is 475 g/mol. The van der Waals surface area contributed by atoms with Crippen LogP contribution in [-0.4, -0.2) is 35.1 Å². The highest BCUT2D eigenvalue weighted by Crippen LogP contribution is 2.35. The molecule has 3 aromatic rings. The Morgan fingerprint density at radius 3 is 2.34 bits per heavy atom. The second-order valence-corrected chi connectivity index (χ2v) is 9.22. The third-order valence-electron chi connectivity index (χ3n) is 4.66. The van der Waals surface area contributed by atoms with Crippen LogP contribution in [0.2, 0.25) is 5.02 Å². The zero-order valence-electron chi connectivity index (χ0n) is 17.8. The van der Waals surface area contributed by atoms with Gasteiger partial charge in [0.25, 0.3) is 10.0 Å². The van der Waals surface area contributed by atoms with Crippen LogP contribution in [0.25, 0.3) is 0 Å². The summed E-state index contributed by atoms with van der Waals surface area (Å²) in [5.74, 6) is 0.144. The van der Waals surface area contributed by atoms with Crippen LogP contribution in [0.5, 0.6) is 11.5 Å². The van der Waals surface area contributed by atoms with E-state index in [1.807, 2.05) is 6.92 Å². The van der Waals surface area contributed by atoms with Crippen LogP contribution in [0.15, 0.2) is 71.6 Å². The van der Waals surface area contributed by atoms with Gasteiger partial charge in [-0.3, -0.25) is 9.10 Å². The number of amides is 1. The molecule has 0 unspecified atom stereocenters. The standard InChI is InChI=1S/C23H23ClN2O5S/c1-16-7-10-20(11-8-16)32(28,29)26(21-14-19(30-2)9-12-22(21)31-3)15-23(27)25-18-6-4-5-17(24)13-18/h4-14H,15H2,1-3H3,(H,25,27). The summed E-state index contributed by atoms with van der Waals surface area (Å²) in [5.41, 5.74) is 1.54. The van der Waals surface area contributed by atoms with Gasteiger partial charge in [0.05, 0.1) is 24.8 Å². The molecule has 0 bridgehead atoms. The Balaban J connectivity index is 2.05. The van der Waals surface area contributed by atoms with Crippen molar-refractivity contribution in [3.63, 3.8) is 0 Å². The van der Waals surface area contributed by atoms with Gasteiger partial charge < -0.3 is 14.8 Å². The van der Waals surface area contributed by atoms with Crippen LogP contribution in [0, 0.1) is 6.92 Å². The first-order chi connectivity index (χ1) is 15.2. The molecule has 0 fully saturated rings. The Labute approximate surface area is 192 Å². The predicted octanol–water partition coefficient (Wildman–Crippen LogP) is 4.50. The Morgan fingerprint density at radius 1 is 1.00 bits per heavy atom. The number of ether oxygens (including phenoxy) is 2. The van der Waals surface area contributed by atoms with Gasteiger partial charge >= 0.3 is 0 Å². The summed E-state index contributed by atoms with van der Waals surface area (Å²) in [7, 11) is -1.22. The van der Waals surface area contributed by atoms with E-state index in [2.05, 4.69) is 5.32 Å². The molecule has 32 heavy (non-hydrogen) atoms. The smallest absolute Gasteiger partial charge is 0.264 e. The summed E-state index contributed by atoms with van der Waals surface area (Å²) < 4.78 is 38.8. The Kier molecular flexibility index (Phi) is 7.27. The van der Waals surface area contributed by atoms with Crippen molar-refractivity contribution < 1.29 is 22.7 Å². The van der Waals surface area contributed by atoms with Gasteiger partial charge in [-0.1, -0.05) is 35.4 Å². The molecule has 0 radical (unpaired) electrons. The maximum absolute atomic E-state index is 13.6. The molecule has 1 N–H and O–H groups in total. The summed E-state index contributed by atoms with van der Waals surface area (Å²) in [6.45, 7) is 1.37. The van der Waals surface area contributed by atoms with Crippen molar-refractivity contribution >= 4 is 38.9 Å². The number of aryl methyl sites for hydroxylation is 1. The van der Waals surface area contributed by atoms with Crippen molar-refractivity contribution in [2.24, 2.45) is 0 Å². The van der Waals surface area contributed by atoms with Crippen molar-refractivity contribution in [2.45, 2.75) is 11.8 Å². The van der Waals surface area contributed by atoms with E-state index in [4.69, 9.17) is 21.1 Å². The molecule has 0 atom stereocenters. The van der Waals surface area contributed by atoms with Crippen molar-refractivity contribution in [2.75, 3.05) is 30.4 Å². The molecular weight excluding hydrogens is 452 g/mol. The lowest BCUT2D eigenvalue weighted by Crippen LogP contribution is -2.38. The van der Waals surface area contributed by atoms with Gasteiger partial charge in [0.2, 0.25) is 5.91 Å². The average Bonchev–Trinajstić information content (AvgIpc) is 2.77. The fourth-order valence-corrected chi connectivity index (χ4v) is 4.64. The van der Waals surface area contributed by atoms with Gasteiger partial charge in [-0.05, 0) is 49.4 Å². The summed E-state index contributed by atoms with van der Waals surface area (Å²) in [6, 6.07) is 17.7. The number of rotatable bonds is 8. The second-order valence-electron chi connectivity index (χ2n) is 6.92. The number of benzene rings is 3. The molecule has 0 aliphatic rings. The van der Waals surface area contributed by atoms with E-state index in [1.165, 1.54) is 32.4 Å². The molecule has 0 saturated carbocycles. The molecule has 7 nitrogen and oxygen atoms in total. The van der Waals surface area contributed by atoms with Crippen molar-refractivity contribution in [3.05, 3.63) is 77.3 Å². The van der Waals surface area contributed by atoms with Gasteiger partial charge in [0.15, 0.2) is 0 Å². The van der Waals surface area contributed by atoms with Gasteiger partial charge in [-0.25, -0.2) is 8.42 Å². The molecule has 0 heterocycles. The molecule has 0 saturated heterocycles. The first-order valence-electron chi connectivity index (χ1n) is 9.61. The number of nitrogens with zero attached hydrogens (tertiary/aromatic N) is 1. The van der Waals surface area contributed by atoms with Crippen LogP contribution >= 0.6 is 11.6 Å². The highest BCUT2D eigenvalue weighted by atomic mass is 35.5. The molecule has 9 heteroatoms. The van der Waals surface area contributed by atoms with E-state index in [0.29, 0.717) is 16.5 Å². The van der Waals surface area contributed by atoms with Gasteiger partial charge in [-0.15, -0.1) is 0 Å². The lowest BCUT2D eigenvalue weighted by Gasteiger charge is -2.26. The van der Waals surface area contributed by atoms with Gasteiger partial charge in [-0.2, -0.15) is 0 Å². The normalized spacial score (nSPS) is 11.0. The van der Waals surface area contributed by atoms with E-state index >= 15 is 0 Å². The number of anilines is 2. The number of halogens is 1. The summed E-state index contributed by atoms with van der Waals surface area (Å²) in [5, 5.41) is 3.13. The first kappa shape index (κ1) is 23.4. The van der Waals surface area contributed by atoms with E-state index in [9.17, 15) is 13.2 Å².